The molecule has 5 rings (SSSR count). The number of nitrogens with zero attached hydrogens (tertiary/aromatic N) is 4. The predicted molar refractivity (Wildman–Crippen MR) is 111 cm³/mol. The number of aromatic amines is 1. The molecule has 2 N–H and O–H groups in total. The lowest BCUT2D eigenvalue weighted by Gasteiger charge is -2.26. The second kappa shape index (κ2) is 7.82. The van der Waals surface area contributed by atoms with Crippen molar-refractivity contribution in [2.45, 2.75) is 50.5 Å². The van der Waals surface area contributed by atoms with Gasteiger partial charge in [0, 0.05) is 11.7 Å². The van der Waals surface area contributed by atoms with E-state index in [-0.39, 0.29) is 41.0 Å². The summed E-state index contributed by atoms with van der Waals surface area (Å²) >= 11 is 0. The molecule has 2 aliphatic rings. The molecule has 0 saturated carbocycles. The highest BCUT2D eigenvalue weighted by Crippen LogP contribution is 2.41. The molecule has 3 atom stereocenters. The molecule has 11 heteroatoms. The molecule has 33 heavy (non-hydrogen) atoms. The minimum atomic E-state index is -4.56. The fourth-order valence-corrected chi connectivity index (χ4v) is 4.85. The maximum absolute atomic E-state index is 14.8. The van der Waals surface area contributed by atoms with E-state index in [4.69, 9.17) is 0 Å². The lowest BCUT2D eigenvalue weighted by atomic mass is 9.95. The van der Waals surface area contributed by atoms with Crippen molar-refractivity contribution in [1.29, 1.82) is 0 Å². The molecule has 2 aliphatic heterocycles. The first-order valence-electron chi connectivity index (χ1n) is 10.5. The van der Waals surface area contributed by atoms with Gasteiger partial charge in [-0.1, -0.05) is 6.07 Å². The number of hydrogen-bond acceptors (Lipinski definition) is 5. The van der Waals surface area contributed by atoms with Crippen LogP contribution in [0.2, 0.25) is 0 Å². The van der Waals surface area contributed by atoms with Crippen LogP contribution in [0.15, 0.2) is 36.7 Å². The summed E-state index contributed by atoms with van der Waals surface area (Å²) in [4.78, 5) is 22.6. The number of anilines is 1. The van der Waals surface area contributed by atoms with E-state index in [9.17, 15) is 22.4 Å². The van der Waals surface area contributed by atoms with Gasteiger partial charge in [0.15, 0.2) is 5.69 Å². The van der Waals surface area contributed by atoms with E-state index in [1.807, 2.05) is 0 Å². The summed E-state index contributed by atoms with van der Waals surface area (Å²) in [5.74, 6) is -0.611. The summed E-state index contributed by atoms with van der Waals surface area (Å²) in [5.41, 5.74) is 0.416. The van der Waals surface area contributed by atoms with Crippen molar-refractivity contribution in [1.82, 2.24) is 25.1 Å². The normalized spacial score (nSPS) is 22.1. The smallest absolute Gasteiger partial charge is 0.364 e. The number of alkyl halides is 3. The van der Waals surface area contributed by atoms with Crippen LogP contribution in [-0.2, 0) is 6.18 Å². The Morgan fingerprint density at radius 3 is 2.70 bits per heavy atom. The lowest BCUT2D eigenvalue weighted by Crippen LogP contribution is -2.40. The number of amides is 1. The van der Waals surface area contributed by atoms with Crippen LogP contribution in [0.5, 0.6) is 0 Å². The van der Waals surface area contributed by atoms with Crippen molar-refractivity contribution in [2.75, 3.05) is 5.32 Å². The first-order valence-corrected chi connectivity index (χ1v) is 10.5. The molecule has 4 heterocycles. The molecule has 2 aromatic heterocycles. The summed E-state index contributed by atoms with van der Waals surface area (Å²) in [6.45, 7) is 1.79. The molecular formula is C22H20F4N6O. The van der Waals surface area contributed by atoms with Crippen LogP contribution in [-0.4, -0.2) is 49.1 Å². The van der Waals surface area contributed by atoms with E-state index >= 15 is 0 Å². The molecule has 0 unspecified atom stereocenters. The van der Waals surface area contributed by atoms with Crippen LogP contribution in [0, 0.1) is 12.7 Å². The van der Waals surface area contributed by atoms with Crippen molar-refractivity contribution in [3.8, 4) is 11.3 Å². The summed E-state index contributed by atoms with van der Waals surface area (Å²) in [6.07, 6.45) is -0.676. The van der Waals surface area contributed by atoms with E-state index in [1.54, 1.807) is 24.0 Å². The second-order valence-electron chi connectivity index (χ2n) is 8.38. The topological polar surface area (TPSA) is 86.8 Å². The Morgan fingerprint density at radius 1 is 1.21 bits per heavy atom. The SMILES string of the molecule is Cc1cc(-c2c(F)cccc2C(=O)N2[C@@H]3CC[C@H]2[C@H](Nc2cnc(C(F)(F)F)cn2)C3)n[nH]1. The molecule has 3 aromatic rings. The van der Waals surface area contributed by atoms with Crippen LogP contribution < -0.4 is 5.32 Å². The number of halogens is 4. The number of aromatic nitrogens is 4. The molecule has 0 aliphatic carbocycles. The third-order valence-electron chi connectivity index (χ3n) is 6.25. The van der Waals surface area contributed by atoms with Gasteiger partial charge in [0.1, 0.15) is 11.6 Å². The van der Waals surface area contributed by atoms with Gasteiger partial charge >= 0.3 is 6.18 Å². The molecule has 1 aromatic carbocycles. The Morgan fingerprint density at radius 2 is 2.03 bits per heavy atom. The quantitative estimate of drug-likeness (QED) is 0.571. The molecular weight excluding hydrogens is 440 g/mol. The number of carbonyl (C=O) groups is 1. The van der Waals surface area contributed by atoms with Gasteiger partial charge in [0.2, 0.25) is 0 Å². The van der Waals surface area contributed by atoms with Gasteiger partial charge in [-0.25, -0.2) is 14.4 Å². The Labute approximate surface area is 186 Å². The maximum Gasteiger partial charge on any atom is 0.434 e. The second-order valence-corrected chi connectivity index (χ2v) is 8.38. The van der Waals surface area contributed by atoms with Gasteiger partial charge in [0.05, 0.1) is 41.3 Å². The third kappa shape index (κ3) is 3.81. The first kappa shape index (κ1) is 21.4. The van der Waals surface area contributed by atoms with Crippen LogP contribution in [0.3, 0.4) is 0 Å². The molecule has 2 bridgehead atoms. The minimum Gasteiger partial charge on any atom is -0.364 e. The van der Waals surface area contributed by atoms with Gasteiger partial charge in [0.25, 0.3) is 5.91 Å². The van der Waals surface area contributed by atoms with Crippen LogP contribution >= 0.6 is 0 Å². The zero-order valence-corrected chi connectivity index (χ0v) is 17.5. The monoisotopic (exact) mass is 460 g/mol. The Balaban J connectivity index is 1.39. The summed E-state index contributed by atoms with van der Waals surface area (Å²) in [6, 6.07) is 5.62. The van der Waals surface area contributed by atoms with E-state index in [0.29, 0.717) is 18.3 Å². The molecule has 1 amide bonds. The summed E-state index contributed by atoms with van der Waals surface area (Å²) in [5, 5.41) is 10.0. The number of carbonyl (C=O) groups excluding carboxylic acids is 1. The number of hydrogen-bond donors (Lipinski definition) is 2. The minimum absolute atomic E-state index is 0.0561. The lowest BCUT2D eigenvalue weighted by molar-refractivity contribution is -0.141. The van der Waals surface area contributed by atoms with Gasteiger partial charge in [-0.15, -0.1) is 0 Å². The fourth-order valence-electron chi connectivity index (χ4n) is 4.85. The molecule has 172 valence electrons. The number of aryl methyl sites for hydroxylation is 1. The molecule has 2 saturated heterocycles. The number of rotatable bonds is 4. The Kier molecular flexibility index (Phi) is 5.06. The van der Waals surface area contributed by atoms with Gasteiger partial charge < -0.3 is 10.2 Å². The van der Waals surface area contributed by atoms with Crippen molar-refractivity contribution >= 4 is 11.7 Å². The van der Waals surface area contributed by atoms with Crippen molar-refractivity contribution < 1.29 is 22.4 Å². The Bertz CT molecular complexity index is 1190. The summed E-state index contributed by atoms with van der Waals surface area (Å²) < 4.78 is 52.9. The van der Waals surface area contributed by atoms with Crippen LogP contribution in [0.25, 0.3) is 11.3 Å². The highest BCUT2D eigenvalue weighted by Gasteiger charge is 2.49. The van der Waals surface area contributed by atoms with Gasteiger partial charge in [-0.2, -0.15) is 18.3 Å². The van der Waals surface area contributed by atoms with E-state index < -0.39 is 17.7 Å². The molecule has 2 fully saturated rings. The zero-order valence-electron chi connectivity index (χ0n) is 17.5. The highest BCUT2D eigenvalue weighted by atomic mass is 19.4. The maximum atomic E-state index is 14.8. The van der Waals surface area contributed by atoms with Gasteiger partial charge in [-0.3, -0.25) is 9.89 Å². The molecule has 7 nitrogen and oxygen atoms in total. The van der Waals surface area contributed by atoms with Crippen LogP contribution in [0.4, 0.5) is 23.4 Å². The Hall–Kier alpha value is -3.50. The number of nitrogens with one attached hydrogen (secondary N) is 2. The third-order valence-corrected chi connectivity index (χ3v) is 6.25. The van der Waals surface area contributed by atoms with Crippen molar-refractivity contribution in [3.63, 3.8) is 0 Å². The number of H-pyrrole nitrogens is 1. The molecule has 0 spiro atoms. The van der Waals surface area contributed by atoms with Crippen LogP contribution in [0.1, 0.15) is 41.0 Å². The average molecular weight is 460 g/mol. The van der Waals surface area contributed by atoms with E-state index in [0.717, 1.165) is 24.7 Å². The standard InChI is InChI=1S/C22H20F4N6O/c1-11-7-16(31-30-11)20-13(3-2-4-14(20)23)21(33)32-12-5-6-17(32)15(8-12)29-19-10-27-18(9-28-19)22(24,25)26/h2-4,7,9-10,12,15,17H,5-6,8H2,1H3,(H,28,29)(H,30,31)/t12-,15-,17+/m1/s1. The fraction of sp³-hybridized carbons (Fsp3) is 0.364. The van der Waals surface area contributed by atoms with Gasteiger partial charge in [-0.05, 0) is 44.4 Å². The number of benzene rings is 1. The predicted octanol–water partition coefficient (Wildman–Crippen LogP) is 4.19. The zero-order chi connectivity index (χ0) is 23.3. The largest absolute Gasteiger partial charge is 0.434 e. The molecule has 0 radical (unpaired) electrons. The average Bonchev–Trinajstić information content (AvgIpc) is 3.47. The van der Waals surface area contributed by atoms with E-state index in [1.165, 1.54) is 12.1 Å². The van der Waals surface area contributed by atoms with E-state index in [2.05, 4.69) is 25.5 Å². The summed E-state index contributed by atoms with van der Waals surface area (Å²) in [7, 11) is 0. The van der Waals surface area contributed by atoms with Crippen molar-refractivity contribution in [2.24, 2.45) is 0 Å². The first-order chi connectivity index (χ1) is 15.7. The van der Waals surface area contributed by atoms with Crippen molar-refractivity contribution in [3.05, 3.63) is 59.4 Å². The number of fused-ring (bicyclic) bond motifs is 2. The highest BCUT2D eigenvalue weighted by molar-refractivity contribution is 6.01.